The number of benzene rings is 2. The first-order valence-corrected chi connectivity index (χ1v) is 14.4. The van der Waals surface area contributed by atoms with Crippen LogP contribution in [0.15, 0.2) is 48.5 Å². The van der Waals surface area contributed by atoms with Crippen LogP contribution in [0.3, 0.4) is 0 Å². The highest BCUT2D eigenvalue weighted by Gasteiger charge is 2.26. The lowest BCUT2D eigenvalue weighted by molar-refractivity contribution is -0.140. The van der Waals surface area contributed by atoms with Gasteiger partial charge in [0.15, 0.2) is 0 Å². The predicted molar refractivity (Wildman–Crippen MR) is 147 cm³/mol. The lowest BCUT2D eigenvalue weighted by Crippen LogP contribution is -2.49. The number of hydrogen-bond donors (Lipinski definition) is 1. The molecule has 7 nitrogen and oxygen atoms in total. The van der Waals surface area contributed by atoms with Crippen LogP contribution in [-0.4, -0.2) is 57.1 Å². The zero-order valence-electron chi connectivity index (χ0n) is 22.5. The van der Waals surface area contributed by atoms with Crippen LogP contribution < -0.4 is 9.62 Å². The van der Waals surface area contributed by atoms with Gasteiger partial charge in [0.2, 0.25) is 21.8 Å². The van der Waals surface area contributed by atoms with Gasteiger partial charge < -0.3 is 10.2 Å². The monoisotopic (exact) mass is 515 g/mol. The molecule has 36 heavy (non-hydrogen) atoms. The van der Waals surface area contributed by atoms with Gasteiger partial charge in [-0.3, -0.25) is 13.9 Å². The molecular formula is C28H41N3O4S. The zero-order chi connectivity index (χ0) is 26.9. The summed E-state index contributed by atoms with van der Waals surface area (Å²) in [6.45, 7) is 10.8. The molecule has 0 aliphatic carbocycles. The average Bonchev–Trinajstić information content (AvgIpc) is 2.79. The minimum Gasteiger partial charge on any atom is -0.354 e. The molecule has 198 valence electrons. The molecule has 1 atom stereocenters. The Kier molecular flexibility index (Phi) is 11.0. The normalized spacial score (nSPS) is 12.3. The molecule has 1 N–H and O–H groups in total. The minimum absolute atomic E-state index is 0.146. The van der Waals surface area contributed by atoms with Crippen LogP contribution in [0.1, 0.15) is 50.3 Å². The summed E-state index contributed by atoms with van der Waals surface area (Å²) in [6.07, 6.45) is 2.31. The van der Waals surface area contributed by atoms with Gasteiger partial charge >= 0.3 is 0 Å². The van der Waals surface area contributed by atoms with E-state index in [-0.39, 0.29) is 24.8 Å². The molecule has 0 saturated carbocycles. The lowest BCUT2D eigenvalue weighted by atomic mass is 10.1. The number of nitrogens with zero attached hydrogens (tertiary/aromatic N) is 2. The van der Waals surface area contributed by atoms with Gasteiger partial charge in [0.1, 0.15) is 6.04 Å². The third kappa shape index (κ3) is 9.30. The van der Waals surface area contributed by atoms with E-state index in [1.807, 2.05) is 76.2 Å². The van der Waals surface area contributed by atoms with Crippen molar-refractivity contribution in [3.63, 3.8) is 0 Å². The molecular weight excluding hydrogens is 474 g/mol. The number of carbonyl (C=O) groups is 2. The van der Waals surface area contributed by atoms with Gasteiger partial charge in [-0.1, -0.05) is 50.2 Å². The van der Waals surface area contributed by atoms with E-state index in [1.54, 1.807) is 11.8 Å². The number of anilines is 1. The second-order valence-corrected chi connectivity index (χ2v) is 11.8. The van der Waals surface area contributed by atoms with Crippen LogP contribution >= 0.6 is 0 Å². The number of nitrogens with one attached hydrogen (secondary N) is 1. The largest absolute Gasteiger partial charge is 0.354 e. The number of rotatable bonds is 13. The van der Waals surface area contributed by atoms with Crippen molar-refractivity contribution in [2.45, 2.75) is 59.9 Å². The summed E-state index contributed by atoms with van der Waals surface area (Å²) in [7, 11) is -3.52. The Morgan fingerprint density at radius 3 is 2.11 bits per heavy atom. The minimum atomic E-state index is -3.52. The maximum absolute atomic E-state index is 13.3. The second-order valence-electron chi connectivity index (χ2n) is 9.92. The van der Waals surface area contributed by atoms with Crippen molar-refractivity contribution in [1.82, 2.24) is 10.2 Å². The second kappa shape index (κ2) is 13.4. The van der Waals surface area contributed by atoms with E-state index in [1.165, 1.54) is 10.6 Å². The Morgan fingerprint density at radius 2 is 1.56 bits per heavy atom. The molecule has 0 fully saturated rings. The number of hydrogen-bond acceptors (Lipinski definition) is 4. The van der Waals surface area contributed by atoms with E-state index in [9.17, 15) is 18.0 Å². The van der Waals surface area contributed by atoms with Crippen molar-refractivity contribution in [3.05, 3.63) is 65.2 Å². The van der Waals surface area contributed by atoms with Crippen LogP contribution in [0, 0.1) is 19.8 Å². The summed E-state index contributed by atoms with van der Waals surface area (Å²) in [5, 5.41) is 2.92. The Hall–Kier alpha value is -2.87. The van der Waals surface area contributed by atoms with Gasteiger partial charge in [0.25, 0.3) is 0 Å². The maximum atomic E-state index is 13.3. The van der Waals surface area contributed by atoms with E-state index in [0.717, 1.165) is 16.7 Å². The Morgan fingerprint density at radius 1 is 0.944 bits per heavy atom. The molecule has 0 unspecified atom stereocenters. The van der Waals surface area contributed by atoms with Crippen LogP contribution in [0.2, 0.25) is 0 Å². The van der Waals surface area contributed by atoms with E-state index in [4.69, 9.17) is 0 Å². The SMILES string of the molecule is Cc1cc(C)cc(N(CCCC(=O)N(CCc2ccccc2)[C@H](C)C(=O)NCC(C)C)S(C)(=O)=O)c1. The fourth-order valence-electron chi connectivity index (χ4n) is 4.12. The van der Waals surface area contributed by atoms with Crippen LogP contribution in [-0.2, 0) is 26.0 Å². The predicted octanol–water partition coefficient (Wildman–Crippen LogP) is 4.08. The van der Waals surface area contributed by atoms with Gasteiger partial charge in [0.05, 0.1) is 11.9 Å². The molecule has 0 spiro atoms. The Labute approximate surface area is 216 Å². The molecule has 2 amide bonds. The number of sulfonamides is 1. The molecule has 0 bridgehead atoms. The lowest BCUT2D eigenvalue weighted by Gasteiger charge is -2.29. The van der Waals surface area contributed by atoms with Gasteiger partial charge in [-0.15, -0.1) is 0 Å². The summed E-state index contributed by atoms with van der Waals surface area (Å²) in [5.74, 6) is -0.0352. The van der Waals surface area contributed by atoms with E-state index < -0.39 is 16.1 Å². The summed E-state index contributed by atoms with van der Waals surface area (Å²) in [5.41, 5.74) is 3.64. The first-order chi connectivity index (χ1) is 16.9. The fraction of sp³-hybridized carbons (Fsp3) is 0.500. The van der Waals surface area contributed by atoms with Gasteiger partial charge in [-0.05, 0) is 68.4 Å². The highest BCUT2D eigenvalue weighted by molar-refractivity contribution is 7.92. The third-order valence-corrected chi connectivity index (χ3v) is 7.18. The fourth-order valence-corrected chi connectivity index (χ4v) is 5.07. The molecule has 2 rings (SSSR count). The summed E-state index contributed by atoms with van der Waals surface area (Å²) >= 11 is 0. The van der Waals surface area contributed by atoms with Gasteiger partial charge in [-0.2, -0.15) is 0 Å². The van der Waals surface area contributed by atoms with E-state index in [0.29, 0.717) is 37.5 Å². The van der Waals surface area contributed by atoms with Crippen molar-refractivity contribution in [2.75, 3.05) is 30.2 Å². The average molecular weight is 516 g/mol. The molecule has 8 heteroatoms. The standard InChI is InChI=1S/C28H41N3O4S/c1-21(2)20-29-28(33)24(5)30(16-14-25-11-8-7-9-12-25)27(32)13-10-15-31(36(6,34)35)26-18-22(3)17-23(4)19-26/h7-9,11-12,17-19,21,24H,10,13-16,20H2,1-6H3,(H,29,33)/t24-/m1/s1. The van der Waals surface area contributed by atoms with Crippen molar-refractivity contribution >= 4 is 27.5 Å². The number of amides is 2. The van der Waals surface area contributed by atoms with E-state index >= 15 is 0 Å². The van der Waals surface area contributed by atoms with Crippen molar-refractivity contribution in [2.24, 2.45) is 5.92 Å². The highest BCUT2D eigenvalue weighted by Crippen LogP contribution is 2.22. The smallest absolute Gasteiger partial charge is 0.242 e. The molecule has 0 aliphatic heterocycles. The zero-order valence-corrected chi connectivity index (χ0v) is 23.3. The van der Waals surface area contributed by atoms with Crippen LogP contribution in [0.4, 0.5) is 5.69 Å². The molecule has 0 radical (unpaired) electrons. The topological polar surface area (TPSA) is 86.8 Å². The summed E-state index contributed by atoms with van der Waals surface area (Å²) in [6, 6.07) is 14.9. The first kappa shape index (κ1) is 29.4. The third-order valence-electron chi connectivity index (χ3n) is 5.98. The molecule has 0 aromatic heterocycles. The van der Waals surface area contributed by atoms with Crippen LogP contribution in [0.25, 0.3) is 0 Å². The van der Waals surface area contributed by atoms with E-state index in [2.05, 4.69) is 5.32 Å². The maximum Gasteiger partial charge on any atom is 0.242 e. The molecule has 0 saturated heterocycles. The summed E-state index contributed by atoms with van der Waals surface area (Å²) < 4.78 is 26.4. The van der Waals surface area contributed by atoms with Gasteiger partial charge in [0, 0.05) is 26.1 Å². The molecule has 0 aliphatic rings. The first-order valence-electron chi connectivity index (χ1n) is 12.6. The van der Waals surface area contributed by atoms with Crippen molar-refractivity contribution in [3.8, 4) is 0 Å². The Bertz CT molecular complexity index is 1100. The highest BCUT2D eigenvalue weighted by atomic mass is 32.2. The van der Waals surface area contributed by atoms with Crippen molar-refractivity contribution in [1.29, 1.82) is 0 Å². The molecule has 0 heterocycles. The van der Waals surface area contributed by atoms with Crippen LogP contribution in [0.5, 0.6) is 0 Å². The number of carbonyl (C=O) groups excluding carboxylic acids is 2. The number of aryl methyl sites for hydroxylation is 2. The van der Waals surface area contributed by atoms with Crippen molar-refractivity contribution < 1.29 is 18.0 Å². The quantitative estimate of drug-likeness (QED) is 0.436. The molecule has 2 aromatic carbocycles. The van der Waals surface area contributed by atoms with Gasteiger partial charge in [-0.25, -0.2) is 8.42 Å². The summed E-state index contributed by atoms with van der Waals surface area (Å²) in [4.78, 5) is 27.7. The Balaban J connectivity index is 2.12. The molecule has 2 aromatic rings.